The largest absolute Gasteiger partial charge is 0.322 e. The van der Waals surface area contributed by atoms with Gasteiger partial charge in [-0.1, -0.05) is 23.5 Å². The molecule has 2 N–H and O–H groups in total. The predicted octanol–water partition coefficient (Wildman–Crippen LogP) is 5.05. The maximum atomic E-state index is 13.4. The van der Waals surface area contributed by atoms with E-state index in [0.29, 0.717) is 18.0 Å². The number of benzene rings is 2. The van der Waals surface area contributed by atoms with Crippen molar-refractivity contribution in [2.75, 3.05) is 17.2 Å². The molecule has 3 aromatic rings. The number of hydrogen-bond donors (Lipinski definition) is 2. The first-order valence-electron chi connectivity index (χ1n) is 10.1. The SMILES string of the molecule is Cc1cccc(NC(=O)N2CCC[C@H]2c2nnc(C(=O)Nc3ccc(F)c(F)c3)s2)c1C. The second-order valence-electron chi connectivity index (χ2n) is 7.56. The first kappa shape index (κ1) is 21.8. The van der Waals surface area contributed by atoms with Crippen LogP contribution in [0.4, 0.5) is 25.0 Å². The van der Waals surface area contributed by atoms with Gasteiger partial charge in [-0.2, -0.15) is 0 Å². The van der Waals surface area contributed by atoms with Gasteiger partial charge < -0.3 is 15.5 Å². The number of likely N-dealkylation sites (tertiary alicyclic amines) is 1. The molecular weight excluding hydrogens is 436 g/mol. The molecule has 1 saturated heterocycles. The molecule has 0 aliphatic carbocycles. The average molecular weight is 458 g/mol. The molecular formula is C22H21F2N5O2S. The van der Waals surface area contributed by atoms with E-state index in [1.165, 1.54) is 6.07 Å². The minimum Gasteiger partial charge on any atom is -0.320 e. The Hall–Kier alpha value is -3.40. The summed E-state index contributed by atoms with van der Waals surface area (Å²) in [7, 11) is 0. The number of urea groups is 1. The molecule has 1 aromatic heterocycles. The number of hydrogen-bond acceptors (Lipinski definition) is 5. The molecule has 0 saturated carbocycles. The van der Waals surface area contributed by atoms with Gasteiger partial charge in [0.05, 0.1) is 6.04 Å². The van der Waals surface area contributed by atoms with Gasteiger partial charge in [0, 0.05) is 24.0 Å². The number of aryl methyl sites for hydroxylation is 1. The van der Waals surface area contributed by atoms with Gasteiger partial charge in [0.2, 0.25) is 5.01 Å². The summed E-state index contributed by atoms with van der Waals surface area (Å²) >= 11 is 1.07. The molecule has 3 amide bonds. The molecule has 7 nitrogen and oxygen atoms in total. The molecule has 32 heavy (non-hydrogen) atoms. The highest BCUT2D eigenvalue weighted by Gasteiger charge is 2.33. The zero-order valence-corrected chi connectivity index (χ0v) is 18.3. The smallest absolute Gasteiger partial charge is 0.320 e. The lowest BCUT2D eigenvalue weighted by Gasteiger charge is -2.23. The standard InChI is InChI=1S/C22H21F2N5O2S/c1-12-5-3-6-17(13(12)2)26-22(31)29-10-4-7-18(29)20-27-28-21(32-20)19(30)25-14-8-9-15(23)16(24)11-14/h3,5-6,8-9,11,18H,4,7,10H2,1-2H3,(H,25,30)(H,26,31)/t18-/m0/s1. The van der Waals surface area contributed by atoms with Crippen LogP contribution in [-0.4, -0.2) is 33.6 Å². The molecule has 1 fully saturated rings. The molecule has 1 aliphatic heterocycles. The number of anilines is 2. The summed E-state index contributed by atoms with van der Waals surface area (Å²) in [6, 6.07) is 8.30. The Kier molecular flexibility index (Phi) is 6.13. The van der Waals surface area contributed by atoms with Crippen LogP contribution in [0.5, 0.6) is 0 Å². The predicted molar refractivity (Wildman–Crippen MR) is 118 cm³/mol. The van der Waals surface area contributed by atoms with Crippen LogP contribution in [0.25, 0.3) is 0 Å². The Bertz CT molecular complexity index is 1180. The van der Waals surface area contributed by atoms with Gasteiger partial charge in [-0.25, -0.2) is 13.6 Å². The maximum absolute atomic E-state index is 13.4. The molecule has 0 radical (unpaired) electrons. The third-order valence-electron chi connectivity index (χ3n) is 5.46. The van der Waals surface area contributed by atoms with Gasteiger partial charge in [-0.15, -0.1) is 10.2 Å². The van der Waals surface area contributed by atoms with E-state index in [0.717, 1.165) is 46.7 Å². The summed E-state index contributed by atoms with van der Waals surface area (Å²) in [6.07, 6.45) is 1.51. The maximum Gasteiger partial charge on any atom is 0.322 e. The Morgan fingerprint density at radius 3 is 2.69 bits per heavy atom. The number of carbonyl (C=O) groups is 2. The van der Waals surface area contributed by atoms with Crippen LogP contribution < -0.4 is 10.6 Å². The van der Waals surface area contributed by atoms with E-state index in [1.54, 1.807) is 4.90 Å². The van der Waals surface area contributed by atoms with Crippen molar-refractivity contribution in [3.05, 3.63) is 69.2 Å². The lowest BCUT2D eigenvalue weighted by Crippen LogP contribution is -2.34. The van der Waals surface area contributed by atoms with Crippen molar-refractivity contribution in [3.8, 4) is 0 Å². The number of halogens is 2. The van der Waals surface area contributed by atoms with Crippen molar-refractivity contribution in [2.24, 2.45) is 0 Å². The third-order valence-corrected chi connectivity index (χ3v) is 6.48. The summed E-state index contributed by atoms with van der Waals surface area (Å²) in [5.41, 5.74) is 2.95. The van der Waals surface area contributed by atoms with Crippen molar-refractivity contribution in [1.29, 1.82) is 0 Å². The monoisotopic (exact) mass is 457 g/mol. The summed E-state index contributed by atoms with van der Waals surface area (Å²) < 4.78 is 26.4. The second-order valence-corrected chi connectivity index (χ2v) is 8.57. The van der Waals surface area contributed by atoms with Crippen LogP contribution in [-0.2, 0) is 0 Å². The molecule has 166 valence electrons. The van der Waals surface area contributed by atoms with Crippen molar-refractivity contribution in [3.63, 3.8) is 0 Å². The fourth-order valence-corrected chi connectivity index (χ4v) is 4.45. The summed E-state index contributed by atoms with van der Waals surface area (Å²) in [4.78, 5) is 27.1. The number of aromatic nitrogens is 2. The first-order valence-corrected chi connectivity index (χ1v) is 10.9. The van der Waals surface area contributed by atoms with E-state index in [2.05, 4.69) is 20.8 Å². The van der Waals surface area contributed by atoms with Gasteiger partial charge in [-0.3, -0.25) is 4.79 Å². The van der Waals surface area contributed by atoms with E-state index >= 15 is 0 Å². The summed E-state index contributed by atoms with van der Waals surface area (Å²) in [6.45, 7) is 4.50. The Morgan fingerprint density at radius 2 is 1.91 bits per heavy atom. The van der Waals surface area contributed by atoms with Crippen LogP contribution in [0.1, 0.15) is 44.8 Å². The molecule has 10 heteroatoms. The average Bonchev–Trinajstić information content (AvgIpc) is 3.43. The van der Waals surface area contributed by atoms with E-state index in [1.807, 2.05) is 32.0 Å². The van der Waals surface area contributed by atoms with Crippen molar-refractivity contribution in [2.45, 2.75) is 32.7 Å². The zero-order chi connectivity index (χ0) is 22.8. The lowest BCUT2D eigenvalue weighted by atomic mass is 10.1. The molecule has 0 spiro atoms. The fourth-order valence-electron chi connectivity index (χ4n) is 3.56. The molecule has 2 aromatic carbocycles. The van der Waals surface area contributed by atoms with Crippen molar-refractivity contribution >= 4 is 34.6 Å². The number of rotatable bonds is 4. The van der Waals surface area contributed by atoms with E-state index < -0.39 is 17.5 Å². The Labute approximate surface area is 187 Å². The highest BCUT2D eigenvalue weighted by molar-refractivity contribution is 7.13. The molecule has 0 unspecified atom stereocenters. The van der Waals surface area contributed by atoms with Gasteiger partial charge in [-0.05, 0) is 56.0 Å². The number of nitrogens with one attached hydrogen (secondary N) is 2. The third kappa shape index (κ3) is 4.45. The van der Waals surface area contributed by atoms with Gasteiger partial charge in [0.1, 0.15) is 5.01 Å². The summed E-state index contributed by atoms with van der Waals surface area (Å²) in [5, 5.41) is 14.1. The van der Waals surface area contributed by atoms with Crippen molar-refractivity contribution in [1.82, 2.24) is 15.1 Å². The van der Waals surface area contributed by atoms with Crippen LogP contribution in [0.3, 0.4) is 0 Å². The van der Waals surface area contributed by atoms with Crippen LogP contribution in [0.2, 0.25) is 0 Å². The van der Waals surface area contributed by atoms with Crippen molar-refractivity contribution < 1.29 is 18.4 Å². The number of carbonyl (C=O) groups excluding carboxylic acids is 2. The quantitative estimate of drug-likeness (QED) is 0.574. The molecule has 0 bridgehead atoms. The zero-order valence-electron chi connectivity index (χ0n) is 17.5. The van der Waals surface area contributed by atoms with Gasteiger partial charge in [0.25, 0.3) is 5.91 Å². The Balaban J connectivity index is 1.46. The normalized spacial score (nSPS) is 15.6. The number of nitrogens with zero attached hydrogens (tertiary/aromatic N) is 3. The fraction of sp³-hybridized carbons (Fsp3) is 0.273. The van der Waals surface area contributed by atoms with E-state index in [9.17, 15) is 18.4 Å². The van der Waals surface area contributed by atoms with Crippen LogP contribution >= 0.6 is 11.3 Å². The van der Waals surface area contributed by atoms with Gasteiger partial charge in [0.15, 0.2) is 11.6 Å². The highest BCUT2D eigenvalue weighted by atomic mass is 32.1. The second kappa shape index (κ2) is 8.99. The Morgan fingerprint density at radius 1 is 1.09 bits per heavy atom. The molecule has 4 rings (SSSR count). The van der Waals surface area contributed by atoms with E-state index in [-0.39, 0.29) is 22.8 Å². The lowest BCUT2D eigenvalue weighted by molar-refractivity contribution is 0.102. The van der Waals surface area contributed by atoms with E-state index in [4.69, 9.17) is 0 Å². The molecule has 1 atom stereocenters. The minimum absolute atomic E-state index is 0.0755. The number of amides is 3. The molecule has 1 aliphatic rings. The van der Waals surface area contributed by atoms with Crippen LogP contribution in [0.15, 0.2) is 36.4 Å². The van der Waals surface area contributed by atoms with Gasteiger partial charge >= 0.3 is 6.03 Å². The molecule has 2 heterocycles. The van der Waals surface area contributed by atoms with Crippen LogP contribution in [0, 0.1) is 25.5 Å². The summed E-state index contributed by atoms with van der Waals surface area (Å²) in [5.74, 6) is -2.64. The highest BCUT2D eigenvalue weighted by Crippen LogP contribution is 2.34. The first-order chi connectivity index (χ1) is 15.3. The minimum atomic E-state index is -1.06. The topological polar surface area (TPSA) is 87.2 Å².